The van der Waals surface area contributed by atoms with E-state index < -0.39 is 18.0 Å². The van der Waals surface area contributed by atoms with Crippen molar-refractivity contribution in [3.63, 3.8) is 0 Å². The molecule has 0 spiro atoms. The highest BCUT2D eigenvalue weighted by molar-refractivity contribution is 6.26. The van der Waals surface area contributed by atoms with Crippen LogP contribution in [0.3, 0.4) is 0 Å². The fourth-order valence-electron chi connectivity index (χ4n) is 1.33. The number of hydrogen-bond donors (Lipinski definition) is 0. The minimum Gasteiger partial charge on any atom is -0.462 e. The molecule has 0 saturated carbocycles. The fraction of sp³-hybridized carbons (Fsp3) is 0.267. The van der Waals surface area contributed by atoms with Crippen LogP contribution in [0.2, 0.25) is 0 Å². The van der Waals surface area contributed by atoms with Crippen LogP contribution in [0, 0.1) is 6.42 Å². The van der Waals surface area contributed by atoms with Gasteiger partial charge in [0.05, 0.1) is 24.8 Å². The van der Waals surface area contributed by atoms with E-state index in [-0.39, 0.29) is 12.2 Å². The smallest absolute Gasteiger partial charge is 0.399 e. The first-order chi connectivity index (χ1) is 10.1. The third kappa shape index (κ3) is 5.48. The van der Waals surface area contributed by atoms with Crippen molar-refractivity contribution in [2.75, 3.05) is 6.61 Å². The van der Waals surface area contributed by atoms with Gasteiger partial charge in [0.25, 0.3) is 0 Å². The summed E-state index contributed by atoms with van der Waals surface area (Å²) in [5, 5.41) is 7.42. The van der Waals surface area contributed by atoms with Gasteiger partial charge in [-0.05, 0) is 13.8 Å². The third-order valence-corrected chi connectivity index (χ3v) is 2.36. The van der Waals surface area contributed by atoms with Crippen molar-refractivity contribution in [3.8, 4) is 0 Å². The molecular weight excluding hydrogens is 272 g/mol. The number of rotatable bonds is 6. The summed E-state index contributed by atoms with van der Waals surface area (Å²) >= 11 is 0. The number of nitrogens with zero attached hydrogens (tertiary/aromatic N) is 2. The second-order valence-electron chi connectivity index (χ2n) is 3.96. The fourth-order valence-corrected chi connectivity index (χ4v) is 1.33. The van der Waals surface area contributed by atoms with Crippen LogP contribution in [-0.2, 0) is 19.1 Å². The maximum atomic E-state index is 12.0. The van der Waals surface area contributed by atoms with Crippen molar-refractivity contribution in [1.82, 2.24) is 0 Å². The Morgan fingerprint density at radius 2 is 2.29 bits per heavy atom. The van der Waals surface area contributed by atoms with Crippen molar-refractivity contribution < 1.29 is 19.1 Å². The summed E-state index contributed by atoms with van der Waals surface area (Å²) in [6, 6.07) is 0. The Hall–Kier alpha value is -2.63. The predicted molar refractivity (Wildman–Crippen MR) is 79.8 cm³/mol. The molecule has 6 nitrogen and oxygen atoms in total. The zero-order valence-corrected chi connectivity index (χ0v) is 12.0. The van der Waals surface area contributed by atoms with Crippen molar-refractivity contribution in [3.05, 3.63) is 42.9 Å². The molecule has 0 aromatic carbocycles. The SMILES string of the molecule is C=CC(C)OC(=O)C1=C[CH+]C=C/C1=N\N=CC(=O)OCC. The lowest BCUT2D eigenvalue weighted by molar-refractivity contribution is -0.140. The van der Waals surface area contributed by atoms with E-state index in [1.807, 2.05) is 0 Å². The van der Waals surface area contributed by atoms with E-state index in [1.54, 1.807) is 38.5 Å². The number of ether oxygens (including phenoxy) is 2. The molecule has 1 atom stereocenters. The van der Waals surface area contributed by atoms with Gasteiger partial charge < -0.3 is 9.47 Å². The lowest BCUT2D eigenvalue weighted by Gasteiger charge is -2.08. The summed E-state index contributed by atoms with van der Waals surface area (Å²) in [5.41, 5.74) is 0.562. The third-order valence-electron chi connectivity index (χ3n) is 2.36. The van der Waals surface area contributed by atoms with Crippen LogP contribution >= 0.6 is 0 Å². The van der Waals surface area contributed by atoms with Gasteiger partial charge in [-0.25, -0.2) is 9.59 Å². The maximum Gasteiger partial charge on any atom is 0.399 e. The number of allylic oxidation sites excluding steroid dienone is 3. The molecule has 0 amide bonds. The molecule has 21 heavy (non-hydrogen) atoms. The van der Waals surface area contributed by atoms with Crippen LogP contribution in [0.5, 0.6) is 0 Å². The highest BCUT2D eigenvalue weighted by Gasteiger charge is 2.27. The topological polar surface area (TPSA) is 77.3 Å². The molecule has 0 heterocycles. The molecule has 110 valence electrons. The van der Waals surface area contributed by atoms with E-state index in [0.29, 0.717) is 5.71 Å². The normalized spacial score (nSPS) is 17.0. The van der Waals surface area contributed by atoms with Gasteiger partial charge in [0.15, 0.2) is 5.57 Å². The molecule has 6 heteroatoms. The summed E-state index contributed by atoms with van der Waals surface area (Å²) in [7, 11) is 0. The van der Waals surface area contributed by atoms with E-state index in [9.17, 15) is 9.59 Å². The zero-order chi connectivity index (χ0) is 15.7. The molecular formula is C15H17N2O4+. The van der Waals surface area contributed by atoms with Crippen LogP contribution < -0.4 is 0 Å². The lowest BCUT2D eigenvalue weighted by atomic mass is 10.0. The first kappa shape index (κ1) is 16.4. The molecule has 0 aromatic heterocycles. The zero-order valence-electron chi connectivity index (χ0n) is 12.0. The summed E-state index contributed by atoms with van der Waals surface area (Å²) in [6.07, 6.45) is 8.59. The van der Waals surface area contributed by atoms with Gasteiger partial charge in [-0.1, -0.05) is 12.7 Å². The van der Waals surface area contributed by atoms with Gasteiger partial charge >= 0.3 is 11.9 Å². The van der Waals surface area contributed by atoms with Crippen LogP contribution in [0.25, 0.3) is 0 Å². The highest BCUT2D eigenvalue weighted by Crippen LogP contribution is 2.12. The molecule has 1 unspecified atom stereocenters. The predicted octanol–water partition coefficient (Wildman–Crippen LogP) is 1.79. The second kappa shape index (κ2) is 8.52. The minimum atomic E-state index is -0.596. The van der Waals surface area contributed by atoms with E-state index in [2.05, 4.69) is 21.5 Å². The molecule has 0 aliphatic heterocycles. The minimum absolute atomic E-state index is 0.257. The Bertz CT molecular complexity index is 530. The van der Waals surface area contributed by atoms with Gasteiger partial charge in [0.2, 0.25) is 5.71 Å². The summed E-state index contributed by atoms with van der Waals surface area (Å²) < 4.78 is 9.81. The largest absolute Gasteiger partial charge is 0.462 e. The van der Waals surface area contributed by atoms with E-state index in [4.69, 9.17) is 4.74 Å². The van der Waals surface area contributed by atoms with Crippen LogP contribution in [-0.4, -0.2) is 36.6 Å². The molecule has 0 bridgehead atoms. The van der Waals surface area contributed by atoms with Gasteiger partial charge in [-0.15, -0.1) is 10.2 Å². The van der Waals surface area contributed by atoms with Gasteiger partial charge in [0, 0.05) is 6.42 Å². The van der Waals surface area contributed by atoms with E-state index in [0.717, 1.165) is 6.21 Å². The molecule has 0 radical (unpaired) electrons. The molecule has 0 N–H and O–H groups in total. The number of hydrogen-bond acceptors (Lipinski definition) is 6. The Kier molecular flexibility index (Phi) is 6.67. The van der Waals surface area contributed by atoms with Crippen molar-refractivity contribution in [1.29, 1.82) is 0 Å². The molecule has 0 aromatic rings. The Morgan fingerprint density at radius 1 is 1.52 bits per heavy atom. The first-order valence-electron chi connectivity index (χ1n) is 6.41. The van der Waals surface area contributed by atoms with Crippen molar-refractivity contribution in [2.45, 2.75) is 20.0 Å². The maximum absolute atomic E-state index is 12.0. The lowest BCUT2D eigenvalue weighted by Crippen LogP contribution is -2.20. The Labute approximate surface area is 123 Å². The number of carbonyl (C=O) groups is 2. The first-order valence-corrected chi connectivity index (χ1v) is 6.41. The summed E-state index contributed by atoms with van der Waals surface area (Å²) in [4.78, 5) is 23.1. The van der Waals surface area contributed by atoms with Crippen LogP contribution in [0.1, 0.15) is 13.8 Å². The van der Waals surface area contributed by atoms with Crippen molar-refractivity contribution in [2.24, 2.45) is 10.2 Å². The van der Waals surface area contributed by atoms with E-state index in [1.165, 1.54) is 6.08 Å². The molecule has 1 rings (SSSR count). The van der Waals surface area contributed by atoms with Crippen molar-refractivity contribution >= 4 is 23.9 Å². The van der Waals surface area contributed by atoms with Crippen LogP contribution in [0.4, 0.5) is 0 Å². The molecule has 1 aliphatic carbocycles. The van der Waals surface area contributed by atoms with Gasteiger partial charge in [-0.2, -0.15) is 0 Å². The molecule has 1 aliphatic rings. The number of esters is 2. The average molecular weight is 289 g/mol. The number of carbonyl (C=O) groups excluding carboxylic acids is 2. The standard InChI is InChI=1S/C15H17N2O4/c1-4-11(3)21-15(19)12-8-6-7-9-13(12)17-16-10-14(18)20-5-2/h4,6-11H,1,5H2,2-3H3/q+1/b16-10?,17-13+. The summed E-state index contributed by atoms with van der Waals surface area (Å²) in [5.74, 6) is -1.13. The average Bonchev–Trinajstić information content (AvgIpc) is 2.47. The van der Waals surface area contributed by atoms with Crippen LogP contribution in [0.15, 0.2) is 46.7 Å². The Balaban J connectivity index is 2.79. The Morgan fingerprint density at radius 3 is 2.95 bits per heavy atom. The monoisotopic (exact) mass is 289 g/mol. The second-order valence-corrected chi connectivity index (χ2v) is 3.96. The quantitative estimate of drug-likeness (QED) is 0.245. The van der Waals surface area contributed by atoms with E-state index >= 15 is 0 Å². The highest BCUT2D eigenvalue weighted by atomic mass is 16.5. The van der Waals surface area contributed by atoms with Gasteiger partial charge in [-0.3, -0.25) is 0 Å². The molecule has 0 saturated heterocycles. The van der Waals surface area contributed by atoms with Gasteiger partial charge in [0.1, 0.15) is 12.3 Å². The summed E-state index contributed by atoms with van der Waals surface area (Å²) in [6.45, 7) is 7.19. The molecule has 0 fully saturated rings.